The first kappa shape index (κ1) is 12.6. The number of likely N-dealkylation sites (tertiary alicyclic amines) is 1. The average Bonchev–Trinajstić information content (AvgIpc) is 2.39. The van der Waals surface area contributed by atoms with Crippen molar-refractivity contribution in [2.45, 2.75) is 25.8 Å². The third kappa shape index (κ3) is 2.53. The third-order valence-electron chi connectivity index (χ3n) is 3.52. The molecule has 2 amide bonds. The molecule has 0 spiro atoms. The summed E-state index contributed by atoms with van der Waals surface area (Å²) in [4.78, 5) is 24.5. The van der Waals surface area contributed by atoms with Gasteiger partial charge < -0.3 is 10.6 Å². The highest BCUT2D eigenvalue weighted by atomic mass is 16.2. The molecule has 2 atom stereocenters. The molecule has 1 aromatic carbocycles. The summed E-state index contributed by atoms with van der Waals surface area (Å²) in [5.74, 6) is -0.895. The molecule has 4 nitrogen and oxygen atoms in total. The van der Waals surface area contributed by atoms with Gasteiger partial charge in [0.2, 0.25) is 0 Å². The molecule has 1 aliphatic rings. The lowest BCUT2D eigenvalue weighted by molar-refractivity contribution is -0.147. The van der Waals surface area contributed by atoms with Crippen LogP contribution < -0.4 is 5.73 Å². The summed E-state index contributed by atoms with van der Waals surface area (Å²) >= 11 is 0. The van der Waals surface area contributed by atoms with Gasteiger partial charge in [0, 0.05) is 6.54 Å². The lowest BCUT2D eigenvalue weighted by atomic mass is 9.88. The van der Waals surface area contributed by atoms with Crippen molar-refractivity contribution in [1.29, 1.82) is 0 Å². The van der Waals surface area contributed by atoms with E-state index in [2.05, 4.69) is 6.92 Å². The highest BCUT2D eigenvalue weighted by molar-refractivity contribution is 6.34. The van der Waals surface area contributed by atoms with Crippen LogP contribution in [0.5, 0.6) is 0 Å². The summed E-state index contributed by atoms with van der Waals surface area (Å²) in [5, 5.41) is 0. The van der Waals surface area contributed by atoms with E-state index in [-0.39, 0.29) is 6.04 Å². The SMILES string of the molecule is C[C@@H]1CCN(C(=O)C(N)=O)[C@H](c2ccccc2)C1. The Morgan fingerprint density at radius 3 is 2.56 bits per heavy atom. The van der Waals surface area contributed by atoms with Crippen LogP contribution in [0.3, 0.4) is 0 Å². The molecule has 1 saturated heterocycles. The summed E-state index contributed by atoms with van der Waals surface area (Å²) in [7, 11) is 0. The van der Waals surface area contributed by atoms with Crippen molar-refractivity contribution in [2.75, 3.05) is 6.54 Å². The minimum Gasteiger partial charge on any atom is -0.361 e. The van der Waals surface area contributed by atoms with Crippen LogP contribution in [-0.2, 0) is 9.59 Å². The number of carbonyl (C=O) groups excluding carboxylic acids is 2. The second-order valence-electron chi connectivity index (χ2n) is 4.92. The largest absolute Gasteiger partial charge is 0.361 e. The van der Waals surface area contributed by atoms with Crippen LogP contribution in [0.4, 0.5) is 0 Å². The van der Waals surface area contributed by atoms with Crippen molar-refractivity contribution < 1.29 is 9.59 Å². The molecule has 18 heavy (non-hydrogen) atoms. The maximum atomic E-state index is 11.8. The minimum atomic E-state index is -0.870. The zero-order valence-electron chi connectivity index (χ0n) is 10.5. The number of rotatable bonds is 1. The van der Waals surface area contributed by atoms with Gasteiger partial charge in [-0.05, 0) is 24.3 Å². The quantitative estimate of drug-likeness (QED) is 0.763. The number of nitrogens with zero attached hydrogens (tertiary/aromatic N) is 1. The highest BCUT2D eigenvalue weighted by Gasteiger charge is 2.32. The molecule has 1 aliphatic heterocycles. The highest BCUT2D eigenvalue weighted by Crippen LogP contribution is 2.33. The molecule has 0 aromatic heterocycles. The fraction of sp³-hybridized carbons (Fsp3) is 0.429. The molecule has 1 heterocycles. The van der Waals surface area contributed by atoms with Gasteiger partial charge in [0.25, 0.3) is 0 Å². The van der Waals surface area contributed by atoms with Crippen LogP contribution >= 0.6 is 0 Å². The number of piperidine rings is 1. The van der Waals surface area contributed by atoms with Gasteiger partial charge in [-0.3, -0.25) is 9.59 Å². The van der Waals surface area contributed by atoms with Gasteiger partial charge in [-0.2, -0.15) is 0 Å². The second kappa shape index (κ2) is 5.21. The van der Waals surface area contributed by atoms with E-state index in [0.717, 1.165) is 18.4 Å². The maximum Gasteiger partial charge on any atom is 0.312 e. The molecular weight excluding hydrogens is 228 g/mol. The van der Waals surface area contributed by atoms with Gasteiger partial charge in [-0.1, -0.05) is 37.3 Å². The van der Waals surface area contributed by atoms with Crippen LogP contribution in [0.1, 0.15) is 31.4 Å². The summed E-state index contributed by atoms with van der Waals surface area (Å²) in [6, 6.07) is 9.78. The fourth-order valence-corrected chi connectivity index (χ4v) is 2.52. The Hall–Kier alpha value is -1.84. The monoisotopic (exact) mass is 246 g/mol. The first-order valence-electron chi connectivity index (χ1n) is 6.25. The van der Waals surface area contributed by atoms with Crippen molar-refractivity contribution in [1.82, 2.24) is 4.90 Å². The molecule has 1 fully saturated rings. The number of carbonyl (C=O) groups is 2. The van der Waals surface area contributed by atoms with Gasteiger partial charge in [0.15, 0.2) is 0 Å². The first-order valence-corrected chi connectivity index (χ1v) is 6.25. The molecular formula is C14H18N2O2. The fourth-order valence-electron chi connectivity index (χ4n) is 2.52. The average molecular weight is 246 g/mol. The Balaban J connectivity index is 2.27. The predicted octanol–water partition coefficient (Wildman–Crippen LogP) is 1.47. The van der Waals surface area contributed by atoms with E-state index < -0.39 is 11.8 Å². The zero-order chi connectivity index (χ0) is 13.1. The van der Waals surface area contributed by atoms with Crippen molar-refractivity contribution in [3.8, 4) is 0 Å². The number of hydrogen-bond donors (Lipinski definition) is 1. The summed E-state index contributed by atoms with van der Waals surface area (Å²) in [6.07, 6.45) is 1.80. The van der Waals surface area contributed by atoms with Crippen molar-refractivity contribution in [2.24, 2.45) is 11.7 Å². The predicted molar refractivity (Wildman–Crippen MR) is 68.5 cm³/mol. The van der Waals surface area contributed by atoms with Crippen molar-refractivity contribution in [3.05, 3.63) is 35.9 Å². The van der Waals surface area contributed by atoms with E-state index in [4.69, 9.17) is 5.73 Å². The molecule has 2 rings (SSSR count). The van der Waals surface area contributed by atoms with Crippen LogP contribution in [0.2, 0.25) is 0 Å². The van der Waals surface area contributed by atoms with Crippen LogP contribution in [-0.4, -0.2) is 23.3 Å². The normalized spacial score (nSPS) is 23.7. The van der Waals surface area contributed by atoms with Crippen LogP contribution in [0.25, 0.3) is 0 Å². The Morgan fingerprint density at radius 1 is 1.28 bits per heavy atom. The molecule has 0 radical (unpaired) electrons. The number of hydrogen-bond acceptors (Lipinski definition) is 2. The minimum absolute atomic E-state index is 0.0325. The Kier molecular flexibility index (Phi) is 3.65. The smallest absolute Gasteiger partial charge is 0.312 e. The number of nitrogens with two attached hydrogens (primary N) is 1. The van der Waals surface area contributed by atoms with E-state index in [9.17, 15) is 9.59 Å². The summed E-state index contributed by atoms with van der Waals surface area (Å²) < 4.78 is 0. The van der Waals surface area contributed by atoms with Crippen molar-refractivity contribution in [3.63, 3.8) is 0 Å². The second-order valence-corrected chi connectivity index (χ2v) is 4.92. The van der Waals surface area contributed by atoms with Gasteiger partial charge in [0.1, 0.15) is 0 Å². The van der Waals surface area contributed by atoms with Gasteiger partial charge in [-0.25, -0.2) is 0 Å². The Labute approximate surface area is 107 Å². The molecule has 0 unspecified atom stereocenters. The lowest BCUT2D eigenvalue weighted by Crippen LogP contribution is -2.46. The van der Waals surface area contributed by atoms with Crippen LogP contribution in [0, 0.1) is 5.92 Å². The molecule has 4 heteroatoms. The van der Waals surface area contributed by atoms with Crippen LogP contribution in [0.15, 0.2) is 30.3 Å². The van der Waals surface area contributed by atoms with Crippen molar-refractivity contribution >= 4 is 11.8 Å². The summed E-state index contributed by atoms with van der Waals surface area (Å²) in [5.41, 5.74) is 6.18. The van der Waals surface area contributed by atoms with E-state index in [1.807, 2.05) is 30.3 Å². The summed E-state index contributed by atoms with van der Waals surface area (Å²) in [6.45, 7) is 2.77. The molecule has 1 aromatic rings. The Morgan fingerprint density at radius 2 is 1.94 bits per heavy atom. The molecule has 96 valence electrons. The van der Waals surface area contributed by atoms with E-state index in [0.29, 0.717) is 12.5 Å². The van der Waals surface area contributed by atoms with E-state index >= 15 is 0 Å². The topological polar surface area (TPSA) is 63.4 Å². The molecule has 0 bridgehead atoms. The number of benzene rings is 1. The molecule has 2 N–H and O–H groups in total. The molecule has 0 aliphatic carbocycles. The molecule has 0 saturated carbocycles. The maximum absolute atomic E-state index is 11.8. The first-order chi connectivity index (χ1) is 8.59. The Bertz CT molecular complexity index is 444. The lowest BCUT2D eigenvalue weighted by Gasteiger charge is -2.38. The zero-order valence-corrected chi connectivity index (χ0v) is 10.5. The van der Waals surface area contributed by atoms with Gasteiger partial charge >= 0.3 is 11.8 Å². The van der Waals surface area contributed by atoms with Gasteiger partial charge in [0.05, 0.1) is 6.04 Å². The third-order valence-corrected chi connectivity index (χ3v) is 3.52. The number of amides is 2. The standard InChI is InChI=1S/C14H18N2O2/c1-10-7-8-16(14(18)13(15)17)12(9-10)11-5-3-2-4-6-11/h2-6,10,12H,7-9H2,1H3,(H2,15,17)/t10-,12+/m1/s1. The number of primary amides is 1. The van der Waals surface area contributed by atoms with E-state index in [1.165, 1.54) is 0 Å². The van der Waals surface area contributed by atoms with Gasteiger partial charge in [-0.15, -0.1) is 0 Å². The van der Waals surface area contributed by atoms with E-state index in [1.54, 1.807) is 4.90 Å².